The van der Waals surface area contributed by atoms with Gasteiger partial charge in [-0.1, -0.05) is 6.07 Å². The molecule has 2 heterocycles. The van der Waals surface area contributed by atoms with Crippen LogP contribution >= 0.6 is 23.6 Å². The quantitative estimate of drug-likeness (QED) is 0.661. The summed E-state index contributed by atoms with van der Waals surface area (Å²) in [7, 11) is 0. The van der Waals surface area contributed by atoms with Crippen LogP contribution in [0.2, 0.25) is 0 Å². The Labute approximate surface area is 143 Å². The monoisotopic (exact) mass is 353 g/mol. The van der Waals surface area contributed by atoms with Gasteiger partial charge in [-0.2, -0.15) is 5.10 Å². The molecule has 0 aliphatic rings. The van der Waals surface area contributed by atoms with Crippen molar-refractivity contribution in [1.29, 1.82) is 0 Å². The van der Waals surface area contributed by atoms with Crippen molar-refractivity contribution in [3.63, 3.8) is 0 Å². The summed E-state index contributed by atoms with van der Waals surface area (Å²) < 4.78 is 2.26. The Morgan fingerprint density at radius 3 is 2.96 bits per heavy atom. The number of hydrogen-bond donors (Lipinski definition) is 3. The molecule has 1 atom stereocenters. The second kappa shape index (κ2) is 8.02. The van der Waals surface area contributed by atoms with Crippen molar-refractivity contribution in [3.05, 3.63) is 22.3 Å². The zero-order chi connectivity index (χ0) is 16.8. The lowest BCUT2D eigenvalue weighted by atomic mass is 10.3. The van der Waals surface area contributed by atoms with E-state index in [2.05, 4.69) is 20.8 Å². The Morgan fingerprint density at radius 2 is 2.30 bits per heavy atom. The van der Waals surface area contributed by atoms with E-state index in [9.17, 15) is 9.59 Å². The zero-order valence-corrected chi connectivity index (χ0v) is 14.6. The molecular formula is C14H19N5O2S2. The molecule has 7 nitrogen and oxygen atoms in total. The smallest absolute Gasteiger partial charge is 0.242 e. The Hall–Kier alpha value is -2.00. The first-order valence-electron chi connectivity index (χ1n) is 7.29. The highest BCUT2D eigenvalue weighted by Gasteiger charge is 2.16. The Kier molecular flexibility index (Phi) is 6.05. The highest BCUT2D eigenvalue weighted by molar-refractivity contribution is 7.71. The van der Waals surface area contributed by atoms with E-state index in [1.807, 2.05) is 24.4 Å². The second-order valence-electron chi connectivity index (χ2n) is 4.92. The van der Waals surface area contributed by atoms with Crippen molar-refractivity contribution in [3.8, 4) is 10.7 Å². The van der Waals surface area contributed by atoms with Gasteiger partial charge in [-0.15, -0.1) is 11.3 Å². The predicted octanol–water partition coefficient (Wildman–Crippen LogP) is 1.70. The molecule has 0 saturated carbocycles. The molecule has 2 rings (SSSR count). The number of H-pyrrole nitrogens is 1. The van der Waals surface area contributed by atoms with E-state index >= 15 is 0 Å². The van der Waals surface area contributed by atoms with Gasteiger partial charge >= 0.3 is 0 Å². The third-order valence-electron chi connectivity index (χ3n) is 3.18. The van der Waals surface area contributed by atoms with Gasteiger partial charge in [-0.05, 0) is 37.5 Å². The number of thiophene rings is 1. The fraction of sp³-hybridized carbons (Fsp3) is 0.429. The van der Waals surface area contributed by atoms with Crippen molar-refractivity contribution in [1.82, 2.24) is 25.4 Å². The average Bonchev–Trinajstić information content (AvgIpc) is 3.14. The maximum Gasteiger partial charge on any atom is 0.242 e. The molecule has 2 aromatic rings. The van der Waals surface area contributed by atoms with Crippen LogP contribution in [0.5, 0.6) is 0 Å². The molecule has 2 aromatic heterocycles. The average molecular weight is 353 g/mol. The maximum atomic E-state index is 12.0. The SMILES string of the molecule is CCNC(=O)[C@H](C)NC(=O)CCn1c(-c2cccs2)n[nH]c1=S. The van der Waals surface area contributed by atoms with Crippen LogP contribution < -0.4 is 10.6 Å². The second-order valence-corrected chi connectivity index (χ2v) is 6.25. The van der Waals surface area contributed by atoms with Gasteiger partial charge in [0.15, 0.2) is 10.6 Å². The van der Waals surface area contributed by atoms with Gasteiger partial charge in [0, 0.05) is 19.5 Å². The molecule has 0 radical (unpaired) electrons. The third kappa shape index (κ3) is 4.49. The Bertz CT molecular complexity index is 720. The van der Waals surface area contributed by atoms with Gasteiger partial charge in [-0.3, -0.25) is 19.3 Å². The highest BCUT2D eigenvalue weighted by atomic mass is 32.1. The van der Waals surface area contributed by atoms with Gasteiger partial charge in [0.1, 0.15) is 6.04 Å². The predicted molar refractivity (Wildman–Crippen MR) is 91.6 cm³/mol. The summed E-state index contributed by atoms with van der Waals surface area (Å²) >= 11 is 6.77. The van der Waals surface area contributed by atoms with E-state index in [1.54, 1.807) is 22.8 Å². The van der Waals surface area contributed by atoms with E-state index in [1.165, 1.54) is 0 Å². The van der Waals surface area contributed by atoms with Crippen LogP contribution in [-0.4, -0.2) is 39.2 Å². The fourth-order valence-electron chi connectivity index (χ4n) is 2.04. The Balaban J connectivity index is 1.96. The molecule has 0 aliphatic carbocycles. The molecular weight excluding hydrogens is 334 g/mol. The lowest BCUT2D eigenvalue weighted by molar-refractivity contribution is -0.128. The number of nitrogens with zero attached hydrogens (tertiary/aromatic N) is 2. The number of hydrogen-bond acceptors (Lipinski definition) is 5. The van der Waals surface area contributed by atoms with Gasteiger partial charge in [0.2, 0.25) is 11.8 Å². The van der Waals surface area contributed by atoms with E-state index in [0.29, 0.717) is 17.9 Å². The van der Waals surface area contributed by atoms with E-state index in [0.717, 1.165) is 10.7 Å². The minimum atomic E-state index is -0.559. The van der Waals surface area contributed by atoms with Crippen molar-refractivity contribution >= 4 is 35.4 Å². The fourth-order valence-corrected chi connectivity index (χ4v) is 2.98. The minimum absolute atomic E-state index is 0.194. The van der Waals surface area contributed by atoms with Crippen LogP contribution in [0.25, 0.3) is 10.7 Å². The van der Waals surface area contributed by atoms with Crippen LogP contribution in [0.1, 0.15) is 20.3 Å². The summed E-state index contributed by atoms with van der Waals surface area (Å²) in [6, 6.07) is 3.32. The van der Waals surface area contributed by atoms with Crippen LogP contribution in [0.4, 0.5) is 0 Å². The Morgan fingerprint density at radius 1 is 1.52 bits per heavy atom. The first-order valence-corrected chi connectivity index (χ1v) is 8.58. The lowest BCUT2D eigenvalue weighted by Crippen LogP contribution is -2.44. The summed E-state index contributed by atoms with van der Waals surface area (Å²) in [5.74, 6) is 0.318. The summed E-state index contributed by atoms with van der Waals surface area (Å²) in [6.07, 6.45) is 0.218. The molecule has 0 spiro atoms. The van der Waals surface area contributed by atoms with Gasteiger partial charge in [-0.25, -0.2) is 0 Å². The molecule has 0 fully saturated rings. The summed E-state index contributed by atoms with van der Waals surface area (Å²) in [5.41, 5.74) is 0. The number of nitrogens with one attached hydrogen (secondary N) is 3. The largest absolute Gasteiger partial charge is 0.355 e. The summed E-state index contributed by atoms with van der Waals surface area (Å²) in [6.45, 7) is 4.42. The molecule has 0 saturated heterocycles. The number of amides is 2. The molecule has 2 amide bonds. The number of rotatable bonds is 7. The van der Waals surface area contributed by atoms with Crippen LogP contribution in [-0.2, 0) is 16.1 Å². The molecule has 0 aliphatic heterocycles. The third-order valence-corrected chi connectivity index (χ3v) is 4.36. The van der Waals surface area contributed by atoms with Crippen molar-refractivity contribution in [2.45, 2.75) is 32.9 Å². The van der Waals surface area contributed by atoms with E-state index in [-0.39, 0.29) is 18.2 Å². The topological polar surface area (TPSA) is 91.8 Å². The molecule has 23 heavy (non-hydrogen) atoms. The van der Waals surface area contributed by atoms with Gasteiger partial charge in [0.25, 0.3) is 0 Å². The molecule has 3 N–H and O–H groups in total. The van der Waals surface area contributed by atoms with Crippen LogP contribution in [0, 0.1) is 4.77 Å². The molecule has 124 valence electrons. The molecule has 0 bridgehead atoms. The first kappa shape index (κ1) is 17.4. The number of aromatic amines is 1. The first-order chi connectivity index (χ1) is 11.0. The molecule has 0 unspecified atom stereocenters. The maximum absolute atomic E-state index is 12.0. The van der Waals surface area contributed by atoms with Crippen LogP contribution in [0.15, 0.2) is 17.5 Å². The van der Waals surface area contributed by atoms with E-state index < -0.39 is 6.04 Å². The number of carbonyl (C=O) groups is 2. The summed E-state index contributed by atoms with van der Waals surface area (Å²) in [5, 5.41) is 14.3. The van der Waals surface area contributed by atoms with Gasteiger partial charge in [0.05, 0.1) is 4.88 Å². The molecule has 9 heteroatoms. The summed E-state index contributed by atoms with van der Waals surface area (Å²) in [4.78, 5) is 24.6. The zero-order valence-electron chi connectivity index (χ0n) is 13.0. The molecule has 0 aromatic carbocycles. The normalized spacial score (nSPS) is 11.9. The van der Waals surface area contributed by atoms with Crippen LogP contribution in [0.3, 0.4) is 0 Å². The highest BCUT2D eigenvalue weighted by Crippen LogP contribution is 2.22. The number of aromatic nitrogens is 3. The van der Waals surface area contributed by atoms with Gasteiger partial charge < -0.3 is 10.6 Å². The number of likely N-dealkylation sites (N-methyl/N-ethyl adjacent to an activating group) is 1. The van der Waals surface area contributed by atoms with Crippen molar-refractivity contribution < 1.29 is 9.59 Å². The number of carbonyl (C=O) groups excluding carboxylic acids is 2. The van der Waals surface area contributed by atoms with Crippen molar-refractivity contribution in [2.75, 3.05) is 6.54 Å². The minimum Gasteiger partial charge on any atom is -0.355 e. The standard InChI is InChI=1S/C14H19N5O2S2/c1-3-15-13(21)9(2)16-11(20)6-7-19-12(17-18-14(19)22)10-5-4-8-23-10/h4-5,8-9H,3,6-7H2,1-2H3,(H,15,21)(H,16,20)(H,18,22)/t9-/m0/s1. The van der Waals surface area contributed by atoms with Crippen molar-refractivity contribution in [2.24, 2.45) is 0 Å². The lowest BCUT2D eigenvalue weighted by Gasteiger charge is -2.13. The van der Waals surface area contributed by atoms with E-state index in [4.69, 9.17) is 12.2 Å².